The van der Waals surface area contributed by atoms with Gasteiger partial charge < -0.3 is 5.11 Å². The van der Waals surface area contributed by atoms with Crippen LogP contribution >= 0.6 is 23.3 Å². The number of allylic oxidation sites excluding steroid dienone is 1. The minimum absolute atomic E-state index is 0.389. The van der Waals surface area contributed by atoms with E-state index < -0.39 is 5.97 Å². The molecular formula is C5H10O2S2. The van der Waals surface area contributed by atoms with Gasteiger partial charge in [-0.1, -0.05) is 6.08 Å². The summed E-state index contributed by atoms with van der Waals surface area (Å²) in [6, 6.07) is 0. The Morgan fingerprint density at radius 1 is 1.56 bits per heavy atom. The Bertz CT molecular complexity index is 110. The summed E-state index contributed by atoms with van der Waals surface area (Å²) in [5.74, 6) is -0.845. The second-order valence-corrected chi connectivity index (χ2v) is 1.28. The molecule has 0 aliphatic carbocycles. The monoisotopic (exact) mass is 166 g/mol. The molecule has 0 saturated carbocycles. The predicted molar refractivity (Wildman–Crippen MR) is 45.0 cm³/mol. The summed E-state index contributed by atoms with van der Waals surface area (Å²) in [5, 5.41) is 8.11. The molecule has 1 N–H and O–H groups in total. The largest absolute Gasteiger partial charge is 0.478 e. The fourth-order valence-corrected chi connectivity index (χ4v) is 0.123. The van der Waals surface area contributed by atoms with E-state index in [4.69, 9.17) is 5.11 Å². The summed E-state index contributed by atoms with van der Waals surface area (Å²) in [6.45, 7) is 3.26. The van der Waals surface area contributed by atoms with Gasteiger partial charge in [0.05, 0.1) is 0 Å². The zero-order valence-electron chi connectivity index (χ0n) is 5.33. The van der Waals surface area contributed by atoms with E-state index in [1.54, 1.807) is 19.9 Å². The lowest BCUT2D eigenvalue weighted by molar-refractivity contribution is -0.132. The quantitative estimate of drug-likeness (QED) is 0.315. The number of carboxylic acid groups (broad SMARTS) is 1. The van der Waals surface area contributed by atoms with Crippen molar-refractivity contribution >= 4 is 29.3 Å². The lowest BCUT2D eigenvalue weighted by Crippen LogP contribution is -1.93. The van der Waals surface area contributed by atoms with E-state index in [9.17, 15) is 4.79 Å². The number of carbonyl (C=O) groups is 1. The first kappa shape index (κ1) is 11.7. The average Bonchev–Trinajstić information content (AvgIpc) is 1.91. The van der Waals surface area contributed by atoms with Crippen molar-refractivity contribution in [1.29, 1.82) is 0 Å². The maximum Gasteiger partial charge on any atom is 0.330 e. The molecule has 0 saturated heterocycles. The third-order valence-electron chi connectivity index (χ3n) is 0.770. The van der Waals surface area contributed by atoms with E-state index in [0.29, 0.717) is 5.57 Å². The van der Waals surface area contributed by atoms with Gasteiger partial charge in [0, 0.05) is 5.57 Å². The van der Waals surface area contributed by atoms with Crippen molar-refractivity contribution in [1.82, 2.24) is 0 Å². The molecule has 0 aromatic carbocycles. The van der Waals surface area contributed by atoms with Crippen molar-refractivity contribution in [3.8, 4) is 0 Å². The van der Waals surface area contributed by atoms with Crippen molar-refractivity contribution in [3.63, 3.8) is 0 Å². The molecule has 54 valence electrons. The Balaban J connectivity index is 0. The smallest absolute Gasteiger partial charge is 0.330 e. The van der Waals surface area contributed by atoms with Gasteiger partial charge in [0.2, 0.25) is 0 Å². The first-order valence-electron chi connectivity index (χ1n) is 2.24. The van der Waals surface area contributed by atoms with Crippen LogP contribution in [0.2, 0.25) is 0 Å². The molecule has 0 aliphatic rings. The third kappa shape index (κ3) is 7.91. The zero-order chi connectivity index (χ0) is 7.86. The average molecular weight is 166 g/mol. The Kier molecular flexibility index (Phi) is 10.3. The van der Waals surface area contributed by atoms with Crippen LogP contribution in [-0.2, 0) is 4.79 Å². The number of hydrogen-bond donors (Lipinski definition) is 3. The molecule has 0 aliphatic heterocycles. The topological polar surface area (TPSA) is 37.3 Å². The van der Waals surface area contributed by atoms with Gasteiger partial charge in [-0.25, -0.2) is 4.79 Å². The third-order valence-corrected chi connectivity index (χ3v) is 0.770. The van der Waals surface area contributed by atoms with E-state index in [2.05, 4.69) is 23.3 Å². The molecule has 0 bridgehead atoms. The second kappa shape index (κ2) is 7.91. The molecule has 0 aromatic heterocycles. The second-order valence-electron chi connectivity index (χ2n) is 1.28. The van der Waals surface area contributed by atoms with Crippen LogP contribution in [0, 0.1) is 0 Å². The summed E-state index contributed by atoms with van der Waals surface area (Å²) in [4.78, 5) is 9.86. The lowest BCUT2D eigenvalue weighted by Gasteiger charge is -1.84. The van der Waals surface area contributed by atoms with Crippen LogP contribution < -0.4 is 0 Å². The van der Waals surface area contributed by atoms with Crippen LogP contribution in [0.1, 0.15) is 13.8 Å². The first-order valence-corrected chi connectivity index (χ1v) is 3.84. The molecule has 0 fully saturated rings. The van der Waals surface area contributed by atoms with Crippen LogP contribution in [-0.4, -0.2) is 11.1 Å². The highest BCUT2D eigenvalue weighted by atomic mass is 33.1. The molecule has 0 rings (SSSR count). The van der Waals surface area contributed by atoms with Gasteiger partial charge in [0.15, 0.2) is 0 Å². The van der Waals surface area contributed by atoms with Gasteiger partial charge in [-0.3, -0.25) is 0 Å². The van der Waals surface area contributed by atoms with Crippen molar-refractivity contribution in [2.24, 2.45) is 0 Å². The highest BCUT2D eigenvalue weighted by Gasteiger charge is 1.93. The van der Waals surface area contributed by atoms with Gasteiger partial charge in [-0.15, -0.1) is 23.3 Å². The SMILES string of the molecule is CC=C(C)C(=O)O.SS. The molecule has 9 heavy (non-hydrogen) atoms. The molecule has 0 radical (unpaired) electrons. The molecular weight excluding hydrogens is 156 g/mol. The van der Waals surface area contributed by atoms with Crippen LogP contribution in [0.15, 0.2) is 11.6 Å². The highest BCUT2D eigenvalue weighted by molar-refractivity contribution is 8.59. The molecule has 0 amide bonds. The minimum atomic E-state index is -0.845. The molecule has 0 unspecified atom stereocenters. The van der Waals surface area contributed by atoms with Crippen molar-refractivity contribution < 1.29 is 9.90 Å². The number of carboxylic acids is 1. The van der Waals surface area contributed by atoms with Crippen molar-refractivity contribution in [3.05, 3.63) is 11.6 Å². The highest BCUT2D eigenvalue weighted by Crippen LogP contribution is 1.87. The first-order chi connectivity index (χ1) is 4.18. The fourth-order valence-electron chi connectivity index (χ4n) is 0.123. The number of hydrogen-bond acceptors (Lipinski definition) is 3. The van der Waals surface area contributed by atoms with Gasteiger partial charge in [0.1, 0.15) is 0 Å². The van der Waals surface area contributed by atoms with E-state index in [1.807, 2.05) is 0 Å². The molecule has 4 heteroatoms. The summed E-state index contributed by atoms with van der Waals surface area (Å²) < 4.78 is 0. The van der Waals surface area contributed by atoms with Gasteiger partial charge >= 0.3 is 5.97 Å². The maximum atomic E-state index is 9.86. The van der Waals surface area contributed by atoms with E-state index in [-0.39, 0.29) is 0 Å². The van der Waals surface area contributed by atoms with E-state index in [1.165, 1.54) is 0 Å². The Hall–Kier alpha value is -0.0900. The van der Waals surface area contributed by atoms with Crippen molar-refractivity contribution in [2.75, 3.05) is 0 Å². The van der Waals surface area contributed by atoms with Gasteiger partial charge in [0.25, 0.3) is 0 Å². The van der Waals surface area contributed by atoms with Crippen LogP contribution in [0.25, 0.3) is 0 Å². The normalized spacial score (nSPS) is 9.56. The van der Waals surface area contributed by atoms with Gasteiger partial charge in [-0.05, 0) is 13.8 Å². The number of thiol groups is 2. The Morgan fingerprint density at radius 2 is 1.89 bits per heavy atom. The summed E-state index contributed by atoms with van der Waals surface area (Å²) in [7, 11) is 0. The summed E-state index contributed by atoms with van der Waals surface area (Å²) >= 11 is 6.44. The van der Waals surface area contributed by atoms with Crippen molar-refractivity contribution in [2.45, 2.75) is 13.8 Å². The Morgan fingerprint density at radius 3 is 1.89 bits per heavy atom. The maximum absolute atomic E-state index is 9.86. The standard InChI is InChI=1S/C5H8O2.H2S2/c1-3-4(2)5(6)7;1-2/h3H,1-2H3,(H,6,7);1-2H. The molecule has 2 nitrogen and oxygen atoms in total. The summed E-state index contributed by atoms with van der Waals surface area (Å²) in [6.07, 6.45) is 1.56. The molecule has 0 spiro atoms. The minimum Gasteiger partial charge on any atom is -0.478 e. The van der Waals surface area contributed by atoms with Gasteiger partial charge in [-0.2, -0.15) is 0 Å². The predicted octanol–water partition coefficient (Wildman–Crippen LogP) is 1.80. The fraction of sp³-hybridized carbons (Fsp3) is 0.400. The Labute approximate surface area is 65.2 Å². The zero-order valence-corrected chi connectivity index (χ0v) is 7.12. The van der Waals surface area contributed by atoms with Crippen LogP contribution in [0.4, 0.5) is 0 Å². The lowest BCUT2D eigenvalue weighted by atomic mass is 10.3. The molecule has 0 heterocycles. The molecule has 0 atom stereocenters. The van der Waals surface area contributed by atoms with Crippen LogP contribution in [0.3, 0.4) is 0 Å². The van der Waals surface area contributed by atoms with Crippen LogP contribution in [0.5, 0.6) is 0 Å². The van der Waals surface area contributed by atoms with E-state index >= 15 is 0 Å². The number of aliphatic carboxylic acids is 1. The summed E-state index contributed by atoms with van der Waals surface area (Å²) in [5.41, 5.74) is 0.389. The van der Waals surface area contributed by atoms with E-state index in [0.717, 1.165) is 0 Å². The number of rotatable bonds is 1. The molecule has 0 aromatic rings.